The Bertz CT molecular complexity index is 534. The fourth-order valence-corrected chi connectivity index (χ4v) is 3.57. The number of ether oxygens (including phenoxy) is 1. The van der Waals surface area contributed by atoms with Crippen molar-refractivity contribution in [1.82, 2.24) is 10.2 Å². The monoisotopic (exact) mass is 348 g/mol. The van der Waals surface area contributed by atoms with Crippen LogP contribution in [0.4, 0.5) is 0 Å². The van der Waals surface area contributed by atoms with E-state index in [0.717, 1.165) is 32.4 Å². The number of piperidine rings is 1. The van der Waals surface area contributed by atoms with Gasteiger partial charge in [0.15, 0.2) is 0 Å². The summed E-state index contributed by atoms with van der Waals surface area (Å²) in [6.45, 7) is 7.00. The zero-order valence-electron chi connectivity index (χ0n) is 15.8. The number of β-amino-alcohol motifs (C(OH)–C–C–N with tert-alkyl or cyclic N) is 1. The van der Waals surface area contributed by atoms with E-state index in [0.29, 0.717) is 19.6 Å². The summed E-state index contributed by atoms with van der Waals surface area (Å²) in [4.78, 5) is 14.5. The van der Waals surface area contributed by atoms with Gasteiger partial charge in [0, 0.05) is 39.2 Å². The molecule has 1 unspecified atom stereocenters. The molecular formula is C20H32N2O3. The van der Waals surface area contributed by atoms with Crippen molar-refractivity contribution in [3.8, 4) is 0 Å². The molecule has 2 rings (SSSR count). The highest BCUT2D eigenvalue weighted by Crippen LogP contribution is 2.13. The molecule has 0 aromatic heterocycles. The van der Waals surface area contributed by atoms with Crippen LogP contribution in [0.1, 0.15) is 36.0 Å². The third kappa shape index (κ3) is 7.14. The number of aryl methyl sites for hydroxylation is 3. The van der Waals surface area contributed by atoms with Gasteiger partial charge in [-0.3, -0.25) is 4.79 Å². The van der Waals surface area contributed by atoms with Gasteiger partial charge in [-0.25, -0.2) is 0 Å². The first-order valence-corrected chi connectivity index (χ1v) is 9.22. The Hall–Kier alpha value is -1.43. The number of rotatable bonds is 8. The number of aliphatic hydroxyl groups is 1. The summed E-state index contributed by atoms with van der Waals surface area (Å²) in [6.07, 6.45) is 2.77. The van der Waals surface area contributed by atoms with Gasteiger partial charge in [0.25, 0.3) is 0 Å². The maximum Gasteiger partial charge on any atom is 0.220 e. The second kappa shape index (κ2) is 9.90. The molecule has 1 saturated heterocycles. The number of hydrogen-bond acceptors (Lipinski definition) is 4. The predicted molar refractivity (Wildman–Crippen MR) is 99.7 cm³/mol. The van der Waals surface area contributed by atoms with Crippen LogP contribution in [-0.2, 0) is 16.0 Å². The van der Waals surface area contributed by atoms with Gasteiger partial charge >= 0.3 is 0 Å². The molecule has 0 saturated carbocycles. The van der Waals surface area contributed by atoms with Crippen molar-refractivity contribution in [2.45, 2.75) is 51.7 Å². The molecule has 5 nitrogen and oxygen atoms in total. The van der Waals surface area contributed by atoms with Gasteiger partial charge in [-0.15, -0.1) is 0 Å². The molecule has 1 amide bonds. The van der Waals surface area contributed by atoms with Crippen LogP contribution in [0.25, 0.3) is 0 Å². The molecule has 1 aliphatic rings. The number of hydrogen-bond donors (Lipinski definition) is 2. The summed E-state index contributed by atoms with van der Waals surface area (Å²) in [5.74, 6) is 0.136. The van der Waals surface area contributed by atoms with E-state index in [1.54, 1.807) is 7.11 Å². The maximum atomic E-state index is 12.2. The third-order valence-corrected chi connectivity index (χ3v) is 4.70. The van der Waals surface area contributed by atoms with Crippen molar-refractivity contribution in [2.75, 3.05) is 33.4 Å². The van der Waals surface area contributed by atoms with Crippen molar-refractivity contribution in [3.05, 3.63) is 34.9 Å². The van der Waals surface area contributed by atoms with Crippen LogP contribution in [-0.4, -0.2) is 61.4 Å². The molecule has 1 heterocycles. The van der Waals surface area contributed by atoms with Crippen LogP contribution in [0.2, 0.25) is 0 Å². The van der Waals surface area contributed by atoms with Crippen LogP contribution in [0.3, 0.4) is 0 Å². The van der Waals surface area contributed by atoms with Gasteiger partial charge in [-0.1, -0.05) is 29.3 Å². The minimum atomic E-state index is -0.436. The number of carbonyl (C=O) groups excluding carboxylic acids is 1. The molecule has 5 heteroatoms. The van der Waals surface area contributed by atoms with Gasteiger partial charge in [0.1, 0.15) is 0 Å². The molecule has 1 aromatic carbocycles. The molecule has 0 aliphatic carbocycles. The van der Waals surface area contributed by atoms with E-state index in [4.69, 9.17) is 4.74 Å². The third-order valence-electron chi connectivity index (χ3n) is 4.70. The molecule has 0 spiro atoms. The number of aliphatic hydroxyl groups excluding tert-OH is 1. The van der Waals surface area contributed by atoms with E-state index < -0.39 is 6.10 Å². The number of amides is 1. The lowest BCUT2D eigenvalue weighted by atomic mass is 10.0. The van der Waals surface area contributed by atoms with Crippen LogP contribution >= 0.6 is 0 Å². The lowest BCUT2D eigenvalue weighted by molar-refractivity contribution is -0.122. The highest BCUT2D eigenvalue weighted by atomic mass is 16.5. The first-order valence-electron chi connectivity index (χ1n) is 9.22. The van der Waals surface area contributed by atoms with Gasteiger partial charge < -0.3 is 20.1 Å². The van der Waals surface area contributed by atoms with Crippen LogP contribution < -0.4 is 5.32 Å². The van der Waals surface area contributed by atoms with E-state index in [2.05, 4.69) is 42.3 Å². The van der Waals surface area contributed by atoms with Gasteiger partial charge in [-0.2, -0.15) is 0 Å². The van der Waals surface area contributed by atoms with Crippen LogP contribution in [0.15, 0.2) is 18.2 Å². The summed E-state index contributed by atoms with van der Waals surface area (Å²) in [5, 5.41) is 13.0. The molecule has 0 bridgehead atoms. The van der Waals surface area contributed by atoms with E-state index >= 15 is 0 Å². The normalized spacial score (nSPS) is 17.4. The molecule has 1 atom stereocenters. The van der Waals surface area contributed by atoms with E-state index in [9.17, 15) is 9.90 Å². The Balaban J connectivity index is 1.68. The van der Waals surface area contributed by atoms with Gasteiger partial charge in [0.05, 0.1) is 12.7 Å². The molecule has 1 aliphatic heterocycles. The van der Waals surface area contributed by atoms with Crippen molar-refractivity contribution in [3.63, 3.8) is 0 Å². The molecule has 1 aromatic rings. The SMILES string of the molecule is COCC(O)CN1CCC(NC(=O)CCc2cc(C)cc(C)c2)CC1. The zero-order chi connectivity index (χ0) is 18.2. The number of methoxy groups -OCH3 is 1. The molecular weight excluding hydrogens is 316 g/mol. The number of carbonyl (C=O) groups is 1. The Kier molecular flexibility index (Phi) is 7.88. The average Bonchev–Trinajstić information content (AvgIpc) is 2.54. The van der Waals surface area contributed by atoms with E-state index in [1.165, 1.54) is 16.7 Å². The first-order chi connectivity index (χ1) is 12.0. The highest BCUT2D eigenvalue weighted by Gasteiger charge is 2.22. The average molecular weight is 348 g/mol. The molecule has 140 valence electrons. The second-order valence-electron chi connectivity index (χ2n) is 7.25. The fourth-order valence-electron chi connectivity index (χ4n) is 3.57. The van der Waals surface area contributed by atoms with Crippen molar-refractivity contribution >= 4 is 5.91 Å². The Labute approximate surface area is 151 Å². The van der Waals surface area contributed by atoms with E-state index in [-0.39, 0.29) is 11.9 Å². The molecule has 1 fully saturated rings. The minimum absolute atomic E-state index is 0.136. The quantitative estimate of drug-likeness (QED) is 0.752. The number of nitrogens with zero attached hydrogens (tertiary/aromatic N) is 1. The van der Waals surface area contributed by atoms with Crippen LogP contribution in [0.5, 0.6) is 0 Å². The van der Waals surface area contributed by atoms with Gasteiger partial charge in [0.2, 0.25) is 5.91 Å². The fraction of sp³-hybridized carbons (Fsp3) is 0.650. The topological polar surface area (TPSA) is 61.8 Å². The Morgan fingerprint density at radius 2 is 1.92 bits per heavy atom. The van der Waals surface area contributed by atoms with Crippen LogP contribution in [0, 0.1) is 13.8 Å². The molecule has 0 radical (unpaired) electrons. The Morgan fingerprint density at radius 3 is 2.52 bits per heavy atom. The number of benzene rings is 1. The first kappa shape index (κ1) is 19.9. The van der Waals surface area contributed by atoms with E-state index in [1.807, 2.05) is 0 Å². The largest absolute Gasteiger partial charge is 0.389 e. The van der Waals surface area contributed by atoms with Crippen molar-refractivity contribution in [2.24, 2.45) is 0 Å². The molecule has 2 N–H and O–H groups in total. The predicted octanol–water partition coefficient (Wildman–Crippen LogP) is 1.82. The summed E-state index contributed by atoms with van der Waals surface area (Å²) < 4.78 is 4.96. The standard InChI is InChI=1S/C20H32N2O3/c1-15-10-16(2)12-17(11-15)4-5-20(24)21-18-6-8-22(9-7-18)13-19(23)14-25-3/h10-12,18-19,23H,4-9,13-14H2,1-3H3,(H,21,24). The summed E-state index contributed by atoms with van der Waals surface area (Å²) in [7, 11) is 1.60. The summed E-state index contributed by atoms with van der Waals surface area (Å²) >= 11 is 0. The second-order valence-corrected chi connectivity index (χ2v) is 7.25. The number of nitrogens with one attached hydrogen (secondary N) is 1. The number of likely N-dealkylation sites (tertiary alicyclic amines) is 1. The maximum absolute atomic E-state index is 12.2. The smallest absolute Gasteiger partial charge is 0.220 e. The zero-order valence-corrected chi connectivity index (χ0v) is 15.8. The minimum Gasteiger partial charge on any atom is -0.389 e. The Morgan fingerprint density at radius 1 is 1.28 bits per heavy atom. The van der Waals surface area contributed by atoms with Gasteiger partial charge in [-0.05, 0) is 38.7 Å². The summed E-state index contributed by atoms with van der Waals surface area (Å²) in [6, 6.07) is 6.72. The van der Waals surface area contributed by atoms with Crippen molar-refractivity contribution < 1.29 is 14.6 Å². The molecule has 25 heavy (non-hydrogen) atoms. The van der Waals surface area contributed by atoms with Crippen molar-refractivity contribution in [1.29, 1.82) is 0 Å². The lowest BCUT2D eigenvalue weighted by Crippen LogP contribution is -2.47. The summed E-state index contributed by atoms with van der Waals surface area (Å²) in [5.41, 5.74) is 3.73. The lowest BCUT2D eigenvalue weighted by Gasteiger charge is -2.33. The highest BCUT2D eigenvalue weighted by molar-refractivity contribution is 5.76.